The Labute approximate surface area is 146 Å². The SMILES string of the molecule is CCSc1ccccc1NC(=O)c1cc(OC)c(OC)c(OC)c1. The monoisotopic (exact) mass is 347 g/mol. The Morgan fingerprint density at radius 1 is 1.04 bits per heavy atom. The van der Waals surface area contributed by atoms with Gasteiger partial charge in [0, 0.05) is 10.5 Å². The third-order valence-electron chi connectivity index (χ3n) is 3.36. The lowest BCUT2D eigenvalue weighted by molar-refractivity contribution is 0.102. The summed E-state index contributed by atoms with van der Waals surface area (Å²) in [6.45, 7) is 2.07. The molecule has 0 aromatic heterocycles. The smallest absolute Gasteiger partial charge is 0.255 e. The van der Waals surface area contributed by atoms with Crippen molar-refractivity contribution < 1.29 is 19.0 Å². The number of hydrogen-bond donors (Lipinski definition) is 1. The summed E-state index contributed by atoms with van der Waals surface area (Å²) in [5.74, 6) is 2.03. The van der Waals surface area contributed by atoms with Gasteiger partial charge >= 0.3 is 0 Å². The molecule has 5 nitrogen and oxygen atoms in total. The first-order chi connectivity index (χ1) is 11.6. The quantitative estimate of drug-likeness (QED) is 0.765. The van der Waals surface area contributed by atoms with Crippen LogP contribution in [0.25, 0.3) is 0 Å². The first kappa shape index (κ1) is 18.0. The molecule has 0 aliphatic rings. The summed E-state index contributed by atoms with van der Waals surface area (Å²) in [7, 11) is 4.57. The lowest BCUT2D eigenvalue weighted by Gasteiger charge is -2.15. The van der Waals surface area contributed by atoms with Gasteiger partial charge in [-0.1, -0.05) is 19.1 Å². The van der Waals surface area contributed by atoms with Gasteiger partial charge in [-0.3, -0.25) is 4.79 Å². The van der Waals surface area contributed by atoms with Crippen LogP contribution in [0.3, 0.4) is 0 Å². The van der Waals surface area contributed by atoms with Crippen molar-refractivity contribution in [3.05, 3.63) is 42.0 Å². The number of benzene rings is 2. The van der Waals surface area contributed by atoms with Crippen LogP contribution in [0.4, 0.5) is 5.69 Å². The van der Waals surface area contributed by atoms with Gasteiger partial charge in [0.2, 0.25) is 5.75 Å². The first-order valence-corrected chi connectivity index (χ1v) is 8.46. The Bertz CT molecular complexity index is 693. The Balaban J connectivity index is 2.33. The van der Waals surface area contributed by atoms with E-state index in [0.29, 0.717) is 22.8 Å². The van der Waals surface area contributed by atoms with Crippen LogP contribution in [0, 0.1) is 0 Å². The van der Waals surface area contributed by atoms with Crippen LogP contribution in [0.15, 0.2) is 41.3 Å². The van der Waals surface area contributed by atoms with Crippen LogP contribution in [0.2, 0.25) is 0 Å². The molecule has 2 rings (SSSR count). The fourth-order valence-corrected chi connectivity index (χ4v) is 3.02. The number of hydrogen-bond acceptors (Lipinski definition) is 5. The molecule has 2 aromatic carbocycles. The Morgan fingerprint density at radius 2 is 1.67 bits per heavy atom. The highest BCUT2D eigenvalue weighted by Gasteiger charge is 2.17. The average molecular weight is 347 g/mol. The molecule has 1 N–H and O–H groups in total. The molecule has 0 heterocycles. The van der Waals surface area contributed by atoms with Gasteiger partial charge in [-0.2, -0.15) is 0 Å². The summed E-state index contributed by atoms with van der Waals surface area (Å²) in [6, 6.07) is 11.0. The van der Waals surface area contributed by atoms with Crippen molar-refractivity contribution in [2.24, 2.45) is 0 Å². The highest BCUT2D eigenvalue weighted by atomic mass is 32.2. The van der Waals surface area contributed by atoms with E-state index in [1.807, 2.05) is 24.3 Å². The molecule has 2 aromatic rings. The zero-order valence-electron chi connectivity index (χ0n) is 14.2. The predicted octanol–water partition coefficient (Wildman–Crippen LogP) is 4.08. The van der Waals surface area contributed by atoms with E-state index in [0.717, 1.165) is 16.3 Å². The molecular weight excluding hydrogens is 326 g/mol. The molecule has 0 atom stereocenters. The standard InChI is InChI=1S/C18H21NO4S/c1-5-24-16-9-7-6-8-13(16)19-18(20)12-10-14(21-2)17(23-4)15(11-12)22-3/h6-11H,5H2,1-4H3,(H,19,20). The number of amides is 1. The van der Waals surface area contributed by atoms with Gasteiger partial charge < -0.3 is 19.5 Å². The molecular formula is C18H21NO4S. The number of ether oxygens (including phenoxy) is 3. The van der Waals surface area contributed by atoms with Crippen molar-refractivity contribution >= 4 is 23.4 Å². The summed E-state index contributed by atoms with van der Waals surface area (Å²) < 4.78 is 15.9. The molecule has 0 aliphatic carbocycles. The van der Waals surface area contributed by atoms with Crippen molar-refractivity contribution in [3.8, 4) is 17.2 Å². The van der Waals surface area contributed by atoms with Gasteiger partial charge in [0.15, 0.2) is 11.5 Å². The van der Waals surface area contributed by atoms with Gasteiger partial charge in [-0.25, -0.2) is 0 Å². The molecule has 0 saturated carbocycles. The first-order valence-electron chi connectivity index (χ1n) is 7.47. The molecule has 0 fully saturated rings. The number of rotatable bonds is 7. The van der Waals surface area contributed by atoms with Crippen molar-refractivity contribution in [2.75, 3.05) is 32.4 Å². The Hall–Kier alpha value is -2.34. The Morgan fingerprint density at radius 3 is 2.21 bits per heavy atom. The van der Waals surface area contributed by atoms with Gasteiger partial charge in [-0.15, -0.1) is 11.8 Å². The summed E-state index contributed by atoms with van der Waals surface area (Å²) in [5, 5.41) is 2.94. The van der Waals surface area contributed by atoms with E-state index in [2.05, 4.69) is 12.2 Å². The van der Waals surface area contributed by atoms with E-state index in [1.165, 1.54) is 21.3 Å². The zero-order valence-corrected chi connectivity index (χ0v) is 15.0. The predicted molar refractivity (Wildman–Crippen MR) is 96.9 cm³/mol. The maximum absolute atomic E-state index is 12.6. The Kier molecular flexibility index (Phi) is 6.37. The molecule has 6 heteroatoms. The van der Waals surface area contributed by atoms with E-state index in [4.69, 9.17) is 14.2 Å². The van der Waals surface area contributed by atoms with Crippen LogP contribution >= 0.6 is 11.8 Å². The third kappa shape index (κ3) is 3.94. The van der Waals surface area contributed by atoms with E-state index < -0.39 is 0 Å². The number of methoxy groups -OCH3 is 3. The van der Waals surface area contributed by atoms with Gasteiger partial charge in [0.1, 0.15) is 0 Å². The van der Waals surface area contributed by atoms with Crippen molar-refractivity contribution in [1.29, 1.82) is 0 Å². The summed E-state index contributed by atoms with van der Waals surface area (Å²) in [4.78, 5) is 13.7. The summed E-state index contributed by atoms with van der Waals surface area (Å²) in [6.07, 6.45) is 0. The van der Waals surface area contributed by atoms with Gasteiger partial charge in [-0.05, 0) is 30.0 Å². The largest absolute Gasteiger partial charge is 0.493 e. The lowest BCUT2D eigenvalue weighted by atomic mass is 10.1. The number of anilines is 1. The highest BCUT2D eigenvalue weighted by molar-refractivity contribution is 7.99. The number of thioether (sulfide) groups is 1. The molecule has 0 aliphatic heterocycles. The van der Waals surface area contributed by atoms with E-state index in [-0.39, 0.29) is 5.91 Å². The average Bonchev–Trinajstić information content (AvgIpc) is 2.62. The van der Waals surface area contributed by atoms with Crippen LogP contribution in [-0.2, 0) is 0 Å². The lowest BCUT2D eigenvalue weighted by Crippen LogP contribution is -2.13. The second-order valence-electron chi connectivity index (χ2n) is 4.80. The normalized spacial score (nSPS) is 10.2. The molecule has 0 bridgehead atoms. The minimum absolute atomic E-state index is 0.238. The number of carbonyl (C=O) groups is 1. The summed E-state index contributed by atoms with van der Waals surface area (Å²) in [5.41, 5.74) is 1.21. The number of carbonyl (C=O) groups excluding carboxylic acids is 1. The zero-order chi connectivity index (χ0) is 17.5. The molecule has 0 spiro atoms. The molecule has 24 heavy (non-hydrogen) atoms. The molecule has 0 radical (unpaired) electrons. The maximum Gasteiger partial charge on any atom is 0.255 e. The molecule has 128 valence electrons. The van der Waals surface area contributed by atoms with E-state index >= 15 is 0 Å². The van der Waals surface area contributed by atoms with Crippen LogP contribution in [-0.4, -0.2) is 33.0 Å². The molecule has 0 saturated heterocycles. The van der Waals surface area contributed by atoms with E-state index in [9.17, 15) is 4.79 Å². The van der Waals surface area contributed by atoms with Crippen LogP contribution < -0.4 is 19.5 Å². The minimum Gasteiger partial charge on any atom is -0.493 e. The number of nitrogens with one attached hydrogen (secondary N) is 1. The van der Waals surface area contributed by atoms with Crippen molar-refractivity contribution in [1.82, 2.24) is 0 Å². The summed E-state index contributed by atoms with van der Waals surface area (Å²) >= 11 is 1.68. The maximum atomic E-state index is 12.6. The third-order valence-corrected chi connectivity index (χ3v) is 4.32. The topological polar surface area (TPSA) is 56.8 Å². The van der Waals surface area contributed by atoms with E-state index in [1.54, 1.807) is 23.9 Å². The number of para-hydroxylation sites is 1. The minimum atomic E-state index is -0.238. The fraction of sp³-hybridized carbons (Fsp3) is 0.278. The fourth-order valence-electron chi connectivity index (χ4n) is 2.26. The van der Waals surface area contributed by atoms with Crippen LogP contribution in [0.5, 0.6) is 17.2 Å². The molecule has 0 unspecified atom stereocenters. The van der Waals surface area contributed by atoms with Crippen molar-refractivity contribution in [2.45, 2.75) is 11.8 Å². The van der Waals surface area contributed by atoms with Crippen molar-refractivity contribution in [3.63, 3.8) is 0 Å². The van der Waals surface area contributed by atoms with Gasteiger partial charge in [0.25, 0.3) is 5.91 Å². The highest BCUT2D eigenvalue weighted by Crippen LogP contribution is 2.38. The molecule has 1 amide bonds. The van der Waals surface area contributed by atoms with Crippen LogP contribution in [0.1, 0.15) is 17.3 Å². The second-order valence-corrected chi connectivity index (χ2v) is 6.10. The van der Waals surface area contributed by atoms with Gasteiger partial charge in [0.05, 0.1) is 27.0 Å². The second kappa shape index (κ2) is 8.49.